The first-order valence-electron chi connectivity index (χ1n) is 5.15. The summed E-state index contributed by atoms with van der Waals surface area (Å²) >= 11 is 0. The zero-order valence-corrected chi connectivity index (χ0v) is 8.62. The molecule has 78 valence electrons. The van der Waals surface area contributed by atoms with Crippen molar-refractivity contribution < 1.29 is 9.84 Å². The summed E-state index contributed by atoms with van der Waals surface area (Å²) < 4.78 is 5.05. The second-order valence-corrected chi connectivity index (χ2v) is 4.03. The maximum absolute atomic E-state index is 9.31. The fourth-order valence-electron chi connectivity index (χ4n) is 1.94. The van der Waals surface area contributed by atoms with Gasteiger partial charge in [-0.1, -0.05) is 0 Å². The Labute approximate surface area is 80.5 Å². The molecule has 1 atom stereocenters. The standard InChI is InChI=1S/C10H21NO2/c1-8(7-13-2)11-9-3-5-10(12)6-4-9/h8-12H,3-7H2,1-2H3/t8-,9?,10?/m1/s1. The lowest BCUT2D eigenvalue weighted by molar-refractivity contribution is 0.107. The van der Waals surface area contributed by atoms with Gasteiger partial charge in [0.05, 0.1) is 12.7 Å². The summed E-state index contributed by atoms with van der Waals surface area (Å²) in [5.74, 6) is 0. The molecule has 1 saturated carbocycles. The van der Waals surface area contributed by atoms with Gasteiger partial charge < -0.3 is 15.2 Å². The summed E-state index contributed by atoms with van der Waals surface area (Å²) in [7, 11) is 1.73. The van der Waals surface area contributed by atoms with Crippen LogP contribution in [0.1, 0.15) is 32.6 Å². The van der Waals surface area contributed by atoms with Crippen LogP contribution in [0.15, 0.2) is 0 Å². The molecule has 1 fully saturated rings. The first-order valence-corrected chi connectivity index (χ1v) is 5.15. The van der Waals surface area contributed by atoms with Crippen molar-refractivity contribution in [2.75, 3.05) is 13.7 Å². The molecule has 0 unspecified atom stereocenters. The Morgan fingerprint density at radius 2 is 2.00 bits per heavy atom. The number of ether oxygens (including phenoxy) is 1. The van der Waals surface area contributed by atoms with Crippen molar-refractivity contribution in [1.82, 2.24) is 5.32 Å². The molecule has 0 aliphatic heterocycles. The molecule has 3 nitrogen and oxygen atoms in total. The van der Waals surface area contributed by atoms with Crippen LogP contribution in [-0.4, -0.2) is 37.0 Å². The normalized spacial score (nSPS) is 31.6. The molecule has 0 heterocycles. The van der Waals surface area contributed by atoms with Crippen molar-refractivity contribution in [2.24, 2.45) is 0 Å². The van der Waals surface area contributed by atoms with Crippen molar-refractivity contribution in [3.63, 3.8) is 0 Å². The highest BCUT2D eigenvalue weighted by atomic mass is 16.5. The molecule has 3 heteroatoms. The van der Waals surface area contributed by atoms with E-state index in [1.807, 2.05) is 0 Å². The monoisotopic (exact) mass is 187 g/mol. The lowest BCUT2D eigenvalue weighted by Gasteiger charge is -2.28. The maximum Gasteiger partial charge on any atom is 0.0613 e. The van der Waals surface area contributed by atoms with Gasteiger partial charge in [0.25, 0.3) is 0 Å². The highest BCUT2D eigenvalue weighted by Gasteiger charge is 2.20. The Kier molecular flexibility index (Phi) is 4.70. The van der Waals surface area contributed by atoms with Crippen LogP contribution in [0.3, 0.4) is 0 Å². The smallest absolute Gasteiger partial charge is 0.0613 e. The second kappa shape index (κ2) is 5.58. The molecule has 0 aromatic rings. The van der Waals surface area contributed by atoms with Crippen molar-refractivity contribution in [1.29, 1.82) is 0 Å². The topological polar surface area (TPSA) is 41.5 Å². The van der Waals surface area contributed by atoms with Crippen LogP contribution in [0, 0.1) is 0 Å². The van der Waals surface area contributed by atoms with Crippen LogP contribution in [0.25, 0.3) is 0 Å². The molecule has 0 amide bonds. The molecule has 13 heavy (non-hydrogen) atoms. The molecule has 1 rings (SSSR count). The second-order valence-electron chi connectivity index (χ2n) is 4.03. The third-order valence-corrected chi connectivity index (χ3v) is 2.63. The number of aliphatic hydroxyl groups is 1. The summed E-state index contributed by atoms with van der Waals surface area (Å²) in [4.78, 5) is 0. The van der Waals surface area contributed by atoms with Gasteiger partial charge in [0.15, 0.2) is 0 Å². The molecule has 0 aromatic heterocycles. The number of hydrogen-bond acceptors (Lipinski definition) is 3. The van der Waals surface area contributed by atoms with E-state index in [1.165, 1.54) is 0 Å². The molecular formula is C10H21NO2. The lowest BCUT2D eigenvalue weighted by atomic mass is 9.93. The number of aliphatic hydroxyl groups excluding tert-OH is 1. The summed E-state index contributed by atoms with van der Waals surface area (Å²) in [5, 5.41) is 12.8. The van der Waals surface area contributed by atoms with E-state index >= 15 is 0 Å². The van der Waals surface area contributed by atoms with Crippen molar-refractivity contribution in [3.05, 3.63) is 0 Å². The van der Waals surface area contributed by atoms with E-state index in [0.29, 0.717) is 12.1 Å². The van der Waals surface area contributed by atoms with Gasteiger partial charge in [-0.2, -0.15) is 0 Å². The van der Waals surface area contributed by atoms with Crippen molar-refractivity contribution in [2.45, 2.75) is 50.8 Å². The van der Waals surface area contributed by atoms with Gasteiger partial charge in [0.2, 0.25) is 0 Å². The lowest BCUT2D eigenvalue weighted by Crippen LogP contribution is -2.41. The largest absolute Gasteiger partial charge is 0.393 e. The van der Waals surface area contributed by atoms with Crippen molar-refractivity contribution >= 4 is 0 Å². The van der Waals surface area contributed by atoms with E-state index in [4.69, 9.17) is 4.74 Å². The van der Waals surface area contributed by atoms with Crippen LogP contribution < -0.4 is 5.32 Å². The Morgan fingerprint density at radius 3 is 2.54 bits per heavy atom. The highest BCUT2D eigenvalue weighted by Crippen LogP contribution is 2.18. The summed E-state index contributed by atoms with van der Waals surface area (Å²) in [6.45, 7) is 2.90. The molecule has 0 spiro atoms. The van der Waals surface area contributed by atoms with Crippen molar-refractivity contribution in [3.8, 4) is 0 Å². The predicted molar refractivity (Wildman–Crippen MR) is 52.7 cm³/mol. The SMILES string of the molecule is COC[C@@H](C)NC1CCC(O)CC1. The Balaban J connectivity index is 2.14. The number of nitrogens with one attached hydrogen (secondary N) is 1. The maximum atomic E-state index is 9.31. The fraction of sp³-hybridized carbons (Fsp3) is 1.00. The highest BCUT2D eigenvalue weighted by molar-refractivity contribution is 4.78. The average molecular weight is 187 g/mol. The van der Waals surface area contributed by atoms with E-state index in [9.17, 15) is 5.11 Å². The molecule has 1 aliphatic rings. The van der Waals surface area contributed by atoms with Gasteiger partial charge in [-0.25, -0.2) is 0 Å². The summed E-state index contributed by atoms with van der Waals surface area (Å²) in [6, 6.07) is 0.999. The zero-order chi connectivity index (χ0) is 9.68. The first kappa shape index (κ1) is 11.0. The summed E-state index contributed by atoms with van der Waals surface area (Å²) in [6.07, 6.45) is 4.01. The molecule has 0 aromatic carbocycles. The molecule has 2 N–H and O–H groups in total. The van der Waals surface area contributed by atoms with Crippen LogP contribution in [-0.2, 0) is 4.74 Å². The van der Waals surface area contributed by atoms with Gasteiger partial charge in [0.1, 0.15) is 0 Å². The molecule has 0 bridgehead atoms. The van der Waals surface area contributed by atoms with Gasteiger partial charge in [-0.05, 0) is 32.6 Å². The van der Waals surface area contributed by atoms with E-state index in [2.05, 4.69) is 12.2 Å². The number of hydrogen-bond donors (Lipinski definition) is 2. The first-order chi connectivity index (χ1) is 6.22. The molecule has 1 aliphatic carbocycles. The molecule has 0 radical (unpaired) electrons. The third kappa shape index (κ3) is 4.07. The quantitative estimate of drug-likeness (QED) is 0.687. The minimum absolute atomic E-state index is 0.0595. The van der Waals surface area contributed by atoms with E-state index in [-0.39, 0.29) is 6.10 Å². The Hall–Kier alpha value is -0.120. The average Bonchev–Trinajstić information content (AvgIpc) is 2.09. The number of methoxy groups -OCH3 is 1. The zero-order valence-electron chi connectivity index (χ0n) is 8.62. The van der Waals surface area contributed by atoms with E-state index in [1.54, 1.807) is 7.11 Å². The van der Waals surface area contributed by atoms with Gasteiger partial charge in [-0.3, -0.25) is 0 Å². The Bertz CT molecular complexity index is 133. The summed E-state index contributed by atoms with van der Waals surface area (Å²) in [5.41, 5.74) is 0. The fourth-order valence-corrected chi connectivity index (χ4v) is 1.94. The van der Waals surface area contributed by atoms with Gasteiger partial charge >= 0.3 is 0 Å². The molecular weight excluding hydrogens is 166 g/mol. The van der Waals surface area contributed by atoms with Gasteiger partial charge in [-0.15, -0.1) is 0 Å². The van der Waals surface area contributed by atoms with Crippen LogP contribution in [0.5, 0.6) is 0 Å². The van der Waals surface area contributed by atoms with E-state index < -0.39 is 0 Å². The van der Waals surface area contributed by atoms with Crippen LogP contribution in [0.4, 0.5) is 0 Å². The minimum atomic E-state index is -0.0595. The van der Waals surface area contributed by atoms with Crippen LogP contribution in [0.2, 0.25) is 0 Å². The number of rotatable bonds is 4. The Morgan fingerprint density at radius 1 is 1.38 bits per heavy atom. The predicted octanol–water partition coefficient (Wildman–Crippen LogP) is 0.914. The van der Waals surface area contributed by atoms with E-state index in [0.717, 1.165) is 32.3 Å². The minimum Gasteiger partial charge on any atom is -0.393 e. The third-order valence-electron chi connectivity index (χ3n) is 2.63. The molecule has 0 saturated heterocycles. The van der Waals surface area contributed by atoms with Gasteiger partial charge in [0, 0.05) is 19.2 Å². The van der Waals surface area contributed by atoms with Crippen LogP contribution >= 0.6 is 0 Å².